The van der Waals surface area contributed by atoms with E-state index >= 15 is 0 Å². The van der Waals surface area contributed by atoms with Gasteiger partial charge < -0.3 is 21.6 Å². The molecule has 1 rings (SSSR count). The first-order chi connectivity index (χ1) is 9.59. The maximum atomic E-state index is 10.9. The first-order valence-corrected chi connectivity index (χ1v) is 7.26. The molecule has 0 aliphatic rings. The fourth-order valence-electron chi connectivity index (χ4n) is 2.20. The van der Waals surface area contributed by atoms with Gasteiger partial charge in [-0.25, -0.2) is 4.79 Å². The van der Waals surface area contributed by atoms with Crippen LogP contribution in [0.5, 0.6) is 0 Å². The van der Waals surface area contributed by atoms with Crippen molar-refractivity contribution in [2.24, 2.45) is 0 Å². The fourth-order valence-corrected chi connectivity index (χ4v) is 2.20. The molecular weight excluding hydrogens is 286 g/mol. The third-order valence-corrected chi connectivity index (χ3v) is 3.67. The lowest BCUT2D eigenvalue weighted by molar-refractivity contribution is -0.921. The predicted octanol–water partition coefficient (Wildman–Crippen LogP) is 0.167. The Morgan fingerprint density at radius 2 is 1.95 bits per heavy atom. The molecule has 3 nitrogen and oxygen atoms in total. The molecule has 0 saturated carbocycles. The van der Waals surface area contributed by atoms with Gasteiger partial charge in [0.05, 0.1) is 26.7 Å². The highest BCUT2D eigenvalue weighted by molar-refractivity contribution is 5.81. The number of unbranched alkanes of at least 4 members (excludes halogenated alkanes) is 1. The van der Waals surface area contributed by atoms with E-state index in [1.165, 1.54) is 11.6 Å². The summed E-state index contributed by atoms with van der Waals surface area (Å²) in [6.45, 7) is 9.33. The number of ether oxygens (including phenoxy) is 1. The fraction of sp³-hybridized carbons (Fsp3) is 0.471. The molecule has 21 heavy (non-hydrogen) atoms. The van der Waals surface area contributed by atoms with Crippen molar-refractivity contribution < 1.29 is 26.4 Å². The Morgan fingerprint density at radius 3 is 2.52 bits per heavy atom. The highest BCUT2D eigenvalue weighted by atomic mass is 35.5. The molecule has 0 aromatic heterocycles. The van der Waals surface area contributed by atoms with Crippen molar-refractivity contribution in [3.05, 3.63) is 48.6 Å². The Kier molecular flexibility index (Phi) is 9.76. The molecule has 118 valence electrons. The van der Waals surface area contributed by atoms with Crippen molar-refractivity contribution in [1.29, 1.82) is 0 Å². The summed E-state index contributed by atoms with van der Waals surface area (Å²) in [7, 11) is 2.28. The van der Waals surface area contributed by atoms with E-state index in [1.807, 2.05) is 6.07 Å². The maximum Gasteiger partial charge on any atom is 0.330 e. The molecule has 0 bridgehead atoms. The normalized spacial score (nSPS) is 12.9. The topological polar surface area (TPSA) is 26.3 Å². The van der Waals surface area contributed by atoms with Gasteiger partial charge in [0.1, 0.15) is 6.54 Å². The van der Waals surface area contributed by atoms with Crippen molar-refractivity contribution in [2.45, 2.75) is 26.3 Å². The molecule has 1 unspecified atom stereocenters. The first kappa shape index (κ1) is 19.7. The number of hydrogen-bond donors (Lipinski definition) is 0. The van der Waals surface area contributed by atoms with Gasteiger partial charge in [-0.05, 0) is 19.8 Å². The quantitative estimate of drug-likeness (QED) is 0.281. The molecule has 0 amide bonds. The van der Waals surface area contributed by atoms with Crippen LogP contribution in [-0.2, 0) is 16.1 Å². The van der Waals surface area contributed by atoms with E-state index in [0.29, 0.717) is 6.61 Å². The third-order valence-electron chi connectivity index (χ3n) is 3.67. The van der Waals surface area contributed by atoms with Crippen molar-refractivity contribution in [2.75, 3.05) is 26.7 Å². The number of rotatable bonds is 9. The number of benzene rings is 1. The second-order valence-corrected chi connectivity index (χ2v) is 5.38. The van der Waals surface area contributed by atoms with Crippen LogP contribution in [0.3, 0.4) is 0 Å². The molecule has 0 aliphatic carbocycles. The van der Waals surface area contributed by atoms with E-state index < -0.39 is 0 Å². The number of carbonyl (C=O) groups is 1. The smallest absolute Gasteiger partial charge is 0.330 e. The Morgan fingerprint density at radius 1 is 1.29 bits per heavy atom. The summed E-state index contributed by atoms with van der Waals surface area (Å²) in [5.41, 5.74) is 1.37. The van der Waals surface area contributed by atoms with Crippen LogP contribution in [0.1, 0.15) is 25.3 Å². The van der Waals surface area contributed by atoms with E-state index in [4.69, 9.17) is 4.74 Å². The molecule has 0 aliphatic heterocycles. The molecule has 4 heteroatoms. The Hall–Kier alpha value is -1.32. The second kappa shape index (κ2) is 10.4. The van der Waals surface area contributed by atoms with E-state index in [0.717, 1.165) is 37.0 Å². The number of quaternary nitrogens is 1. The van der Waals surface area contributed by atoms with Crippen LogP contribution in [0.4, 0.5) is 0 Å². The predicted molar refractivity (Wildman–Crippen MR) is 82.1 cm³/mol. The average molecular weight is 312 g/mol. The highest BCUT2D eigenvalue weighted by Gasteiger charge is 2.19. The molecule has 1 aromatic rings. The molecule has 1 atom stereocenters. The summed E-state index contributed by atoms with van der Waals surface area (Å²) in [6, 6.07) is 10.6. The van der Waals surface area contributed by atoms with E-state index in [-0.39, 0.29) is 18.4 Å². The van der Waals surface area contributed by atoms with Crippen LogP contribution in [0.2, 0.25) is 0 Å². The lowest BCUT2D eigenvalue weighted by Gasteiger charge is -2.33. The van der Waals surface area contributed by atoms with Crippen LogP contribution >= 0.6 is 0 Å². The van der Waals surface area contributed by atoms with Crippen LogP contribution in [-0.4, -0.2) is 37.2 Å². The SMILES string of the molecule is C=CC(=O)OCCCC[N+](C)(CC)Cc1ccccc1.[Cl-]. The van der Waals surface area contributed by atoms with Gasteiger partial charge in [0, 0.05) is 11.6 Å². The average Bonchev–Trinajstić information content (AvgIpc) is 2.47. The minimum Gasteiger partial charge on any atom is -1.00 e. The summed E-state index contributed by atoms with van der Waals surface area (Å²) >= 11 is 0. The van der Waals surface area contributed by atoms with Crippen LogP contribution in [0.25, 0.3) is 0 Å². The van der Waals surface area contributed by atoms with E-state index in [1.54, 1.807) is 0 Å². The summed E-state index contributed by atoms with van der Waals surface area (Å²) in [5.74, 6) is -0.331. The second-order valence-electron chi connectivity index (χ2n) is 5.38. The monoisotopic (exact) mass is 311 g/mol. The van der Waals surface area contributed by atoms with Crippen LogP contribution in [0, 0.1) is 0 Å². The summed E-state index contributed by atoms with van der Waals surface area (Å²) < 4.78 is 6.01. The molecule has 1 aromatic carbocycles. The molecule has 0 fully saturated rings. The Labute approximate surface area is 134 Å². The van der Waals surface area contributed by atoms with Crippen molar-refractivity contribution >= 4 is 5.97 Å². The van der Waals surface area contributed by atoms with Crippen LogP contribution < -0.4 is 12.4 Å². The molecule has 0 radical (unpaired) electrons. The number of esters is 1. The standard InChI is InChI=1S/C17H26NO2.ClH/c1-4-17(19)20-14-10-9-13-18(3,5-2)15-16-11-7-6-8-12-16;/h4,6-8,11-12H,1,5,9-10,13-15H2,2-3H3;1H/q+1;/p-1. The van der Waals surface area contributed by atoms with E-state index in [9.17, 15) is 4.79 Å². The van der Waals surface area contributed by atoms with Gasteiger partial charge in [-0.3, -0.25) is 0 Å². The minimum absolute atomic E-state index is 0. The lowest BCUT2D eigenvalue weighted by Crippen LogP contribution is -3.00. The highest BCUT2D eigenvalue weighted by Crippen LogP contribution is 2.13. The molecule has 0 N–H and O–H groups in total. The van der Waals surface area contributed by atoms with Gasteiger partial charge in [0.15, 0.2) is 0 Å². The maximum absolute atomic E-state index is 10.9. The zero-order valence-corrected chi connectivity index (χ0v) is 13.8. The Bertz CT molecular complexity index is 422. The van der Waals surface area contributed by atoms with Crippen molar-refractivity contribution in [3.63, 3.8) is 0 Å². The molecule has 0 spiro atoms. The summed E-state index contributed by atoms with van der Waals surface area (Å²) in [6.07, 6.45) is 3.17. The third kappa shape index (κ3) is 7.88. The minimum atomic E-state index is -0.331. The number of halogens is 1. The number of hydrogen-bond acceptors (Lipinski definition) is 2. The van der Waals surface area contributed by atoms with E-state index in [2.05, 4.69) is 44.8 Å². The first-order valence-electron chi connectivity index (χ1n) is 7.26. The van der Waals surface area contributed by atoms with Gasteiger partial charge in [0.25, 0.3) is 0 Å². The molecular formula is C17H26ClNO2. The summed E-state index contributed by atoms with van der Waals surface area (Å²) in [5, 5.41) is 0. The zero-order valence-electron chi connectivity index (χ0n) is 13.1. The molecule has 0 saturated heterocycles. The summed E-state index contributed by atoms with van der Waals surface area (Å²) in [4.78, 5) is 10.9. The largest absolute Gasteiger partial charge is 1.00 e. The van der Waals surface area contributed by atoms with Crippen LogP contribution in [0.15, 0.2) is 43.0 Å². The number of nitrogens with zero attached hydrogens (tertiary/aromatic N) is 1. The lowest BCUT2D eigenvalue weighted by atomic mass is 10.1. The van der Waals surface area contributed by atoms with Gasteiger partial charge in [-0.15, -0.1) is 0 Å². The van der Waals surface area contributed by atoms with Gasteiger partial charge >= 0.3 is 5.97 Å². The Balaban J connectivity index is 0.00000400. The van der Waals surface area contributed by atoms with Gasteiger partial charge in [-0.2, -0.15) is 0 Å². The zero-order chi connectivity index (χ0) is 14.8. The molecule has 0 heterocycles. The number of carbonyl (C=O) groups excluding carboxylic acids is 1. The van der Waals surface area contributed by atoms with Crippen molar-refractivity contribution in [1.82, 2.24) is 0 Å². The van der Waals surface area contributed by atoms with Gasteiger partial charge in [-0.1, -0.05) is 36.9 Å². The van der Waals surface area contributed by atoms with Crippen molar-refractivity contribution in [3.8, 4) is 0 Å². The van der Waals surface area contributed by atoms with Gasteiger partial charge in [0.2, 0.25) is 0 Å².